The van der Waals surface area contributed by atoms with Crippen molar-refractivity contribution in [1.29, 1.82) is 0 Å². The third-order valence-electron chi connectivity index (χ3n) is 4.37. The standard InChI is InChI=1S/C20H32N4O4/c1-12(2)10-16(19(26)23-13(3)20(27)28-4)24-17(18(22)25)15(21)11-14-8-6-5-7-9-14/h5-9,12-13,15-17,24H,10-11,21H2,1-4H3,(H2,22,25)(H,23,26)/t13-,15-,16-,17-/m0/s1. The van der Waals surface area contributed by atoms with Gasteiger partial charge in [0.25, 0.3) is 0 Å². The van der Waals surface area contributed by atoms with E-state index in [1.54, 1.807) is 0 Å². The van der Waals surface area contributed by atoms with E-state index in [9.17, 15) is 14.4 Å². The molecule has 1 rings (SSSR count). The lowest BCUT2D eigenvalue weighted by Gasteiger charge is -2.29. The lowest BCUT2D eigenvalue weighted by molar-refractivity contribution is -0.144. The minimum absolute atomic E-state index is 0.163. The summed E-state index contributed by atoms with van der Waals surface area (Å²) in [6, 6.07) is 6.44. The quantitative estimate of drug-likeness (QED) is 0.394. The zero-order valence-corrected chi connectivity index (χ0v) is 17.0. The van der Waals surface area contributed by atoms with E-state index in [1.165, 1.54) is 14.0 Å². The highest BCUT2D eigenvalue weighted by atomic mass is 16.5. The Labute approximate surface area is 166 Å². The summed E-state index contributed by atoms with van der Waals surface area (Å²) in [7, 11) is 1.25. The first-order valence-corrected chi connectivity index (χ1v) is 9.38. The summed E-state index contributed by atoms with van der Waals surface area (Å²) in [5, 5.41) is 5.60. The predicted octanol–water partition coefficient (Wildman–Crippen LogP) is 0.0923. The predicted molar refractivity (Wildman–Crippen MR) is 107 cm³/mol. The zero-order chi connectivity index (χ0) is 21.3. The third-order valence-corrected chi connectivity index (χ3v) is 4.37. The highest BCUT2D eigenvalue weighted by Crippen LogP contribution is 2.10. The van der Waals surface area contributed by atoms with Crippen LogP contribution in [-0.4, -0.2) is 49.1 Å². The van der Waals surface area contributed by atoms with Crippen molar-refractivity contribution < 1.29 is 19.1 Å². The molecule has 2 amide bonds. The maximum atomic E-state index is 12.7. The molecule has 0 unspecified atom stereocenters. The van der Waals surface area contributed by atoms with Crippen LogP contribution in [0.4, 0.5) is 0 Å². The van der Waals surface area contributed by atoms with E-state index in [1.807, 2.05) is 44.2 Å². The molecule has 4 atom stereocenters. The number of hydrogen-bond donors (Lipinski definition) is 4. The summed E-state index contributed by atoms with van der Waals surface area (Å²) in [4.78, 5) is 36.3. The molecule has 1 aromatic carbocycles. The fraction of sp³-hybridized carbons (Fsp3) is 0.550. The minimum Gasteiger partial charge on any atom is -0.467 e. The Bertz CT molecular complexity index is 651. The van der Waals surface area contributed by atoms with E-state index in [4.69, 9.17) is 11.5 Å². The second-order valence-electron chi connectivity index (χ2n) is 7.34. The Morgan fingerprint density at radius 2 is 1.71 bits per heavy atom. The number of hydrogen-bond acceptors (Lipinski definition) is 6. The van der Waals surface area contributed by atoms with E-state index < -0.39 is 42.0 Å². The maximum Gasteiger partial charge on any atom is 0.328 e. The van der Waals surface area contributed by atoms with Crippen molar-refractivity contribution in [3.05, 3.63) is 35.9 Å². The largest absolute Gasteiger partial charge is 0.467 e. The monoisotopic (exact) mass is 392 g/mol. The number of esters is 1. The van der Waals surface area contributed by atoms with Crippen molar-refractivity contribution in [2.45, 2.75) is 57.8 Å². The molecule has 156 valence electrons. The number of nitrogens with one attached hydrogen (secondary N) is 2. The second kappa shape index (κ2) is 11.4. The fourth-order valence-corrected chi connectivity index (χ4v) is 2.91. The first-order chi connectivity index (χ1) is 13.1. The Morgan fingerprint density at radius 3 is 2.21 bits per heavy atom. The van der Waals surface area contributed by atoms with Gasteiger partial charge in [0.2, 0.25) is 11.8 Å². The molecule has 0 fully saturated rings. The van der Waals surface area contributed by atoms with Gasteiger partial charge in [0.15, 0.2) is 0 Å². The van der Waals surface area contributed by atoms with Gasteiger partial charge in [0.1, 0.15) is 12.1 Å². The maximum absolute atomic E-state index is 12.7. The third kappa shape index (κ3) is 7.66. The number of rotatable bonds is 11. The van der Waals surface area contributed by atoms with Crippen molar-refractivity contribution in [1.82, 2.24) is 10.6 Å². The molecule has 0 saturated heterocycles. The van der Waals surface area contributed by atoms with Crippen molar-refractivity contribution in [2.75, 3.05) is 7.11 Å². The minimum atomic E-state index is -0.900. The molecule has 0 radical (unpaired) electrons. The van der Waals surface area contributed by atoms with Gasteiger partial charge in [-0.1, -0.05) is 44.2 Å². The van der Waals surface area contributed by atoms with Crippen molar-refractivity contribution in [3.8, 4) is 0 Å². The molecule has 0 aromatic heterocycles. The molecule has 8 heteroatoms. The van der Waals surface area contributed by atoms with Crippen LogP contribution >= 0.6 is 0 Å². The number of benzene rings is 1. The number of methoxy groups -OCH3 is 1. The van der Waals surface area contributed by atoms with Crippen molar-refractivity contribution in [3.63, 3.8) is 0 Å². The van der Waals surface area contributed by atoms with Gasteiger partial charge in [0.05, 0.1) is 13.2 Å². The van der Waals surface area contributed by atoms with E-state index in [2.05, 4.69) is 15.4 Å². The van der Waals surface area contributed by atoms with Gasteiger partial charge in [0, 0.05) is 6.04 Å². The summed E-state index contributed by atoms with van der Waals surface area (Å²) in [5.41, 5.74) is 12.8. The van der Waals surface area contributed by atoms with Crippen LogP contribution in [-0.2, 0) is 25.5 Å². The van der Waals surface area contributed by atoms with Crippen LogP contribution in [0, 0.1) is 5.92 Å². The number of nitrogens with two attached hydrogens (primary N) is 2. The Hall–Kier alpha value is -2.45. The average Bonchev–Trinajstić information content (AvgIpc) is 2.64. The Balaban J connectivity index is 2.90. The van der Waals surface area contributed by atoms with Gasteiger partial charge >= 0.3 is 5.97 Å². The molecular weight excluding hydrogens is 360 g/mol. The van der Waals surface area contributed by atoms with Crippen LogP contribution in [0.25, 0.3) is 0 Å². The summed E-state index contributed by atoms with van der Waals surface area (Å²) in [5.74, 6) is -1.44. The number of amides is 2. The first-order valence-electron chi connectivity index (χ1n) is 9.38. The van der Waals surface area contributed by atoms with Crippen LogP contribution < -0.4 is 22.1 Å². The SMILES string of the molecule is COC(=O)[C@H](C)NC(=O)[C@H](CC(C)C)N[C@H](C(N)=O)[C@@H](N)Cc1ccccc1. The van der Waals surface area contributed by atoms with Crippen LogP contribution in [0.2, 0.25) is 0 Å². The molecule has 0 bridgehead atoms. The molecule has 0 aliphatic carbocycles. The summed E-state index contributed by atoms with van der Waals surface area (Å²) < 4.78 is 4.63. The van der Waals surface area contributed by atoms with Gasteiger partial charge in [-0.3, -0.25) is 14.9 Å². The van der Waals surface area contributed by atoms with E-state index in [-0.39, 0.29) is 5.92 Å². The summed E-state index contributed by atoms with van der Waals surface area (Å²) in [6.07, 6.45) is 0.873. The Morgan fingerprint density at radius 1 is 1.11 bits per heavy atom. The van der Waals surface area contributed by atoms with Crippen LogP contribution in [0.5, 0.6) is 0 Å². The molecule has 0 saturated carbocycles. The second-order valence-corrected chi connectivity index (χ2v) is 7.34. The van der Waals surface area contributed by atoms with Gasteiger partial charge in [-0.15, -0.1) is 0 Å². The highest BCUT2D eigenvalue weighted by Gasteiger charge is 2.31. The molecule has 8 nitrogen and oxygen atoms in total. The van der Waals surface area contributed by atoms with Gasteiger partial charge in [-0.2, -0.15) is 0 Å². The highest BCUT2D eigenvalue weighted by molar-refractivity contribution is 5.88. The molecule has 28 heavy (non-hydrogen) atoms. The van der Waals surface area contributed by atoms with Crippen molar-refractivity contribution in [2.24, 2.45) is 17.4 Å². The smallest absolute Gasteiger partial charge is 0.328 e. The van der Waals surface area contributed by atoms with Crippen LogP contribution in [0.15, 0.2) is 30.3 Å². The number of primary amides is 1. The molecule has 0 spiro atoms. The lowest BCUT2D eigenvalue weighted by atomic mass is 9.96. The zero-order valence-electron chi connectivity index (χ0n) is 17.0. The fourth-order valence-electron chi connectivity index (χ4n) is 2.91. The molecule has 0 heterocycles. The van der Waals surface area contributed by atoms with E-state index >= 15 is 0 Å². The Kier molecular flexibility index (Phi) is 9.61. The number of ether oxygens (including phenoxy) is 1. The molecular formula is C20H32N4O4. The van der Waals surface area contributed by atoms with E-state index in [0.29, 0.717) is 12.8 Å². The molecule has 0 aliphatic rings. The molecule has 6 N–H and O–H groups in total. The molecule has 0 aliphatic heterocycles. The van der Waals surface area contributed by atoms with Gasteiger partial charge < -0.3 is 21.5 Å². The van der Waals surface area contributed by atoms with Crippen LogP contribution in [0.3, 0.4) is 0 Å². The number of carbonyl (C=O) groups is 3. The summed E-state index contributed by atoms with van der Waals surface area (Å²) in [6.45, 7) is 5.44. The molecule has 1 aromatic rings. The number of carbonyl (C=O) groups excluding carboxylic acids is 3. The van der Waals surface area contributed by atoms with Crippen LogP contribution in [0.1, 0.15) is 32.8 Å². The topological polar surface area (TPSA) is 137 Å². The van der Waals surface area contributed by atoms with Gasteiger partial charge in [-0.05, 0) is 31.2 Å². The lowest BCUT2D eigenvalue weighted by Crippen LogP contribution is -2.60. The average molecular weight is 393 g/mol. The first kappa shape index (κ1) is 23.6. The van der Waals surface area contributed by atoms with E-state index in [0.717, 1.165) is 5.56 Å². The van der Waals surface area contributed by atoms with Crippen molar-refractivity contribution >= 4 is 17.8 Å². The summed E-state index contributed by atoms with van der Waals surface area (Å²) >= 11 is 0. The normalized spacial score (nSPS) is 15.4. The van der Waals surface area contributed by atoms with Gasteiger partial charge in [-0.25, -0.2) is 4.79 Å².